The van der Waals surface area contributed by atoms with Crippen LogP contribution in [0.3, 0.4) is 0 Å². The molecule has 0 atom stereocenters. The molecule has 1 saturated heterocycles. The van der Waals surface area contributed by atoms with Gasteiger partial charge in [0.15, 0.2) is 0 Å². The van der Waals surface area contributed by atoms with Crippen LogP contribution in [0.5, 0.6) is 0 Å². The summed E-state index contributed by atoms with van der Waals surface area (Å²) >= 11 is 4.89. The predicted octanol–water partition coefficient (Wildman–Crippen LogP) is 3.85. The molecule has 0 amide bonds. The summed E-state index contributed by atoms with van der Waals surface area (Å²) in [5.74, 6) is 0.596. The second-order valence-corrected chi connectivity index (χ2v) is 6.16. The van der Waals surface area contributed by atoms with Gasteiger partial charge in [0.25, 0.3) is 0 Å². The number of benzene rings is 1. The topological polar surface area (TPSA) is 12.0 Å². The molecule has 94 valence electrons. The van der Waals surface area contributed by atoms with E-state index in [2.05, 4.69) is 27.3 Å². The molecule has 1 aromatic rings. The Morgan fingerprint density at radius 1 is 1.41 bits per heavy atom. The average Bonchev–Trinajstić information content (AvgIpc) is 2.30. The fourth-order valence-corrected chi connectivity index (χ4v) is 3.82. The third kappa shape index (κ3) is 3.46. The maximum absolute atomic E-state index is 13.8. The molecule has 0 saturated carbocycles. The zero-order valence-corrected chi connectivity index (χ0v) is 12.3. The maximum atomic E-state index is 13.8. The lowest BCUT2D eigenvalue weighted by Crippen LogP contribution is -2.28. The molecule has 0 unspecified atom stereocenters. The Bertz CT molecular complexity index is 368. The molecule has 0 aromatic heterocycles. The van der Waals surface area contributed by atoms with E-state index in [-0.39, 0.29) is 5.82 Å². The second kappa shape index (κ2) is 6.21. The number of halogens is 2. The molecule has 1 aliphatic rings. The largest absolute Gasteiger partial charge is 0.317 e. The summed E-state index contributed by atoms with van der Waals surface area (Å²) in [4.78, 5) is 0.707. The summed E-state index contributed by atoms with van der Waals surface area (Å²) in [7, 11) is 0. The van der Waals surface area contributed by atoms with Crippen LogP contribution < -0.4 is 5.32 Å². The van der Waals surface area contributed by atoms with E-state index in [0.717, 1.165) is 29.5 Å². The molecular weight excluding hydrogens is 301 g/mol. The van der Waals surface area contributed by atoms with Gasteiger partial charge in [-0.25, -0.2) is 4.39 Å². The lowest BCUT2D eigenvalue weighted by Gasteiger charge is -2.22. The van der Waals surface area contributed by atoms with Crippen LogP contribution in [-0.2, 0) is 6.42 Å². The van der Waals surface area contributed by atoms with Crippen molar-refractivity contribution in [1.29, 1.82) is 0 Å². The Morgan fingerprint density at radius 2 is 2.12 bits per heavy atom. The third-order valence-corrected chi connectivity index (χ3v) is 4.96. The Balaban J connectivity index is 2.10. The zero-order chi connectivity index (χ0) is 12.3. The van der Waals surface area contributed by atoms with Crippen molar-refractivity contribution in [2.24, 2.45) is 5.92 Å². The van der Waals surface area contributed by atoms with E-state index in [1.54, 1.807) is 6.07 Å². The van der Waals surface area contributed by atoms with Crippen molar-refractivity contribution in [3.05, 3.63) is 28.0 Å². The normalized spacial score (nSPS) is 17.4. The minimum absolute atomic E-state index is 0.101. The van der Waals surface area contributed by atoms with Gasteiger partial charge in [0, 0.05) is 4.47 Å². The fourth-order valence-electron chi connectivity index (χ4n) is 2.34. The maximum Gasteiger partial charge on any atom is 0.138 e. The van der Waals surface area contributed by atoms with Crippen LogP contribution in [0.15, 0.2) is 21.5 Å². The Morgan fingerprint density at radius 3 is 2.71 bits per heavy atom. The van der Waals surface area contributed by atoms with Gasteiger partial charge < -0.3 is 5.32 Å². The molecule has 1 N–H and O–H groups in total. The van der Waals surface area contributed by atoms with Crippen molar-refractivity contribution >= 4 is 27.7 Å². The van der Waals surface area contributed by atoms with Crippen LogP contribution in [0.2, 0.25) is 0 Å². The van der Waals surface area contributed by atoms with Crippen molar-refractivity contribution < 1.29 is 4.39 Å². The highest BCUT2D eigenvalue weighted by molar-refractivity contribution is 9.10. The molecule has 0 spiro atoms. The summed E-state index contributed by atoms with van der Waals surface area (Å²) in [6, 6.07) is 3.76. The Labute approximate surface area is 115 Å². The zero-order valence-electron chi connectivity index (χ0n) is 9.93. The van der Waals surface area contributed by atoms with Gasteiger partial charge in [-0.1, -0.05) is 0 Å². The second-order valence-electron chi connectivity index (χ2n) is 4.49. The Hall–Kier alpha value is -0.0600. The minimum Gasteiger partial charge on any atom is -0.317 e. The lowest BCUT2D eigenvalue weighted by atomic mass is 9.91. The smallest absolute Gasteiger partial charge is 0.138 e. The molecule has 0 radical (unpaired) electrons. The number of hydrogen-bond acceptors (Lipinski definition) is 2. The first-order valence-electron chi connectivity index (χ1n) is 5.93. The van der Waals surface area contributed by atoms with Gasteiger partial charge in [-0.3, -0.25) is 0 Å². The van der Waals surface area contributed by atoms with E-state index in [4.69, 9.17) is 0 Å². The summed E-state index contributed by atoms with van der Waals surface area (Å²) in [6.07, 6.45) is 5.29. The lowest BCUT2D eigenvalue weighted by molar-refractivity contribution is 0.372. The van der Waals surface area contributed by atoms with Crippen LogP contribution in [0.25, 0.3) is 0 Å². The van der Waals surface area contributed by atoms with Gasteiger partial charge in [0.2, 0.25) is 0 Å². The van der Waals surface area contributed by atoms with Crippen LogP contribution >= 0.6 is 27.7 Å². The van der Waals surface area contributed by atoms with Gasteiger partial charge in [-0.15, -0.1) is 11.8 Å². The molecule has 1 nitrogen and oxygen atoms in total. The van der Waals surface area contributed by atoms with Gasteiger partial charge in [0.05, 0.1) is 4.90 Å². The average molecular weight is 318 g/mol. The highest BCUT2D eigenvalue weighted by atomic mass is 79.9. The van der Waals surface area contributed by atoms with Crippen LogP contribution in [-0.4, -0.2) is 19.3 Å². The molecule has 1 heterocycles. The van der Waals surface area contributed by atoms with E-state index in [9.17, 15) is 4.39 Å². The van der Waals surface area contributed by atoms with Gasteiger partial charge >= 0.3 is 0 Å². The first-order chi connectivity index (χ1) is 8.20. The number of nitrogens with one attached hydrogen (secondary N) is 1. The monoisotopic (exact) mass is 317 g/mol. The van der Waals surface area contributed by atoms with Crippen molar-refractivity contribution in [3.63, 3.8) is 0 Å². The van der Waals surface area contributed by atoms with E-state index < -0.39 is 0 Å². The number of piperidine rings is 1. The Kier molecular flexibility index (Phi) is 4.88. The molecule has 1 aromatic carbocycles. The molecule has 17 heavy (non-hydrogen) atoms. The molecule has 1 fully saturated rings. The summed E-state index contributed by atoms with van der Waals surface area (Å²) in [6.45, 7) is 2.19. The molecular formula is C13H17BrFNS. The van der Waals surface area contributed by atoms with E-state index >= 15 is 0 Å². The molecule has 0 bridgehead atoms. The summed E-state index contributed by atoms with van der Waals surface area (Å²) < 4.78 is 14.7. The molecule has 1 aliphatic heterocycles. The molecule has 2 rings (SSSR count). The number of rotatable bonds is 3. The van der Waals surface area contributed by atoms with E-state index in [1.807, 2.05) is 6.26 Å². The van der Waals surface area contributed by atoms with Crippen LogP contribution in [0.4, 0.5) is 4.39 Å². The SMILES string of the molecule is CSc1c(F)cc(CC2CCNCC2)cc1Br. The van der Waals surface area contributed by atoms with Gasteiger partial charge in [0.1, 0.15) is 5.82 Å². The molecule has 0 aliphatic carbocycles. The third-order valence-electron chi connectivity index (χ3n) is 3.25. The first kappa shape index (κ1) is 13.4. The fraction of sp³-hybridized carbons (Fsp3) is 0.538. The van der Waals surface area contributed by atoms with Gasteiger partial charge in [-0.05, 0) is 78.2 Å². The van der Waals surface area contributed by atoms with E-state index in [0.29, 0.717) is 10.8 Å². The minimum atomic E-state index is -0.101. The first-order valence-corrected chi connectivity index (χ1v) is 7.95. The van der Waals surface area contributed by atoms with Crippen molar-refractivity contribution in [1.82, 2.24) is 5.32 Å². The van der Waals surface area contributed by atoms with Gasteiger partial charge in [-0.2, -0.15) is 0 Å². The van der Waals surface area contributed by atoms with E-state index in [1.165, 1.54) is 24.6 Å². The van der Waals surface area contributed by atoms with Crippen LogP contribution in [0.1, 0.15) is 18.4 Å². The molecule has 4 heteroatoms. The predicted molar refractivity (Wildman–Crippen MR) is 75.2 cm³/mol. The van der Waals surface area contributed by atoms with Crippen molar-refractivity contribution in [3.8, 4) is 0 Å². The van der Waals surface area contributed by atoms with Crippen LogP contribution in [0, 0.1) is 11.7 Å². The highest BCUT2D eigenvalue weighted by Gasteiger charge is 2.15. The standard InChI is InChI=1S/C13H17BrFNS/c1-17-13-11(14)7-10(8-12(13)15)6-9-2-4-16-5-3-9/h7-9,16H,2-6H2,1H3. The van der Waals surface area contributed by atoms with Crippen molar-refractivity contribution in [2.75, 3.05) is 19.3 Å². The summed E-state index contributed by atoms with van der Waals surface area (Å²) in [5.41, 5.74) is 1.11. The number of thioether (sulfide) groups is 1. The summed E-state index contributed by atoms with van der Waals surface area (Å²) in [5, 5.41) is 3.35. The quantitative estimate of drug-likeness (QED) is 0.850. The highest BCUT2D eigenvalue weighted by Crippen LogP contribution is 2.31. The number of hydrogen-bond donors (Lipinski definition) is 1. The van der Waals surface area contributed by atoms with Crippen molar-refractivity contribution in [2.45, 2.75) is 24.2 Å².